The Morgan fingerprint density at radius 2 is 2.33 bits per heavy atom. The molecule has 0 aliphatic carbocycles. The lowest BCUT2D eigenvalue weighted by Gasteiger charge is -2.36. The number of amides is 1. The number of carboxylic acid groups (broad SMARTS) is 1. The SMILES string of the molecule is COCCNC(=O)C(C)N1CCOCC1C(=O)O. The molecule has 0 radical (unpaired) electrons. The second kappa shape index (κ2) is 7.30. The molecule has 7 nitrogen and oxygen atoms in total. The van der Waals surface area contributed by atoms with E-state index in [9.17, 15) is 9.59 Å². The maximum atomic E-state index is 11.8. The fourth-order valence-corrected chi connectivity index (χ4v) is 1.87. The summed E-state index contributed by atoms with van der Waals surface area (Å²) in [5.41, 5.74) is 0. The van der Waals surface area contributed by atoms with E-state index in [-0.39, 0.29) is 12.5 Å². The third kappa shape index (κ3) is 3.94. The van der Waals surface area contributed by atoms with Crippen molar-refractivity contribution in [2.45, 2.75) is 19.0 Å². The molecule has 0 aromatic rings. The molecule has 1 amide bonds. The molecule has 7 heteroatoms. The van der Waals surface area contributed by atoms with Crippen molar-refractivity contribution >= 4 is 11.9 Å². The maximum absolute atomic E-state index is 11.8. The first kappa shape index (κ1) is 14.9. The molecule has 0 aromatic carbocycles. The fourth-order valence-electron chi connectivity index (χ4n) is 1.87. The van der Waals surface area contributed by atoms with Crippen molar-refractivity contribution in [2.24, 2.45) is 0 Å². The van der Waals surface area contributed by atoms with Gasteiger partial charge in [0.2, 0.25) is 5.91 Å². The normalized spacial score (nSPS) is 22.4. The Bertz CT molecular complexity index is 297. The minimum absolute atomic E-state index is 0.116. The van der Waals surface area contributed by atoms with Gasteiger partial charge in [0.15, 0.2) is 0 Å². The number of carbonyl (C=O) groups is 2. The highest BCUT2D eigenvalue weighted by Crippen LogP contribution is 2.11. The van der Waals surface area contributed by atoms with Gasteiger partial charge in [-0.15, -0.1) is 0 Å². The van der Waals surface area contributed by atoms with Gasteiger partial charge in [-0.05, 0) is 6.92 Å². The van der Waals surface area contributed by atoms with Crippen LogP contribution in [-0.4, -0.2) is 74.0 Å². The number of hydrogen-bond acceptors (Lipinski definition) is 5. The Kier molecular flexibility index (Phi) is 6.03. The van der Waals surface area contributed by atoms with E-state index in [4.69, 9.17) is 14.6 Å². The molecule has 1 aliphatic heterocycles. The number of ether oxygens (including phenoxy) is 2. The summed E-state index contributed by atoms with van der Waals surface area (Å²) in [6, 6.07) is -1.26. The van der Waals surface area contributed by atoms with Crippen LogP contribution in [0.3, 0.4) is 0 Å². The smallest absolute Gasteiger partial charge is 0.323 e. The predicted octanol–water partition coefficient (Wildman–Crippen LogP) is -1.08. The summed E-state index contributed by atoms with van der Waals surface area (Å²) in [6.45, 7) is 3.55. The van der Waals surface area contributed by atoms with Crippen LogP contribution in [0.2, 0.25) is 0 Å². The molecule has 0 spiro atoms. The highest BCUT2D eigenvalue weighted by atomic mass is 16.5. The topological polar surface area (TPSA) is 88.1 Å². The van der Waals surface area contributed by atoms with E-state index in [1.54, 1.807) is 18.9 Å². The van der Waals surface area contributed by atoms with Crippen LogP contribution in [0.1, 0.15) is 6.92 Å². The maximum Gasteiger partial charge on any atom is 0.323 e. The first-order chi connectivity index (χ1) is 8.57. The van der Waals surface area contributed by atoms with Crippen molar-refractivity contribution in [1.82, 2.24) is 10.2 Å². The molecule has 1 aliphatic rings. The largest absolute Gasteiger partial charge is 0.480 e. The van der Waals surface area contributed by atoms with Crippen LogP contribution >= 0.6 is 0 Å². The zero-order valence-corrected chi connectivity index (χ0v) is 10.7. The van der Waals surface area contributed by atoms with Crippen LogP contribution in [0.5, 0.6) is 0 Å². The molecule has 18 heavy (non-hydrogen) atoms. The molecular weight excluding hydrogens is 240 g/mol. The number of methoxy groups -OCH3 is 1. The Hall–Kier alpha value is -1.18. The van der Waals surface area contributed by atoms with Gasteiger partial charge in [-0.25, -0.2) is 0 Å². The van der Waals surface area contributed by atoms with E-state index in [2.05, 4.69) is 5.32 Å². The number of carboxylic acids is 1. The van der Waals surface area contributed by atoms with E-state index in [1.165, 1.54) is 0 Å². The second-order valence-corrected chi connectivity index (χ2v) is 4.13. The molecular formula is C11H20N2O5. The van der Waals surface area contributed by atoms with Gasteiger partial charge in [0, 0.05) is 20.2 Å². The van der Waals surface area contributed by atoms with Gasteiger partial charge in [-0.3, -0.25) is 14.5 Å². The summed E-state index contributed by atoms with van der Waals surface area (Å²) in [6.07, 6.45) is 0. The lowest BCUT2D eigenvalue weighted by atomic mass is 10.1. The molecule has 2 atom stereocenters. The highest BCUT2D eigenvalue weighted by molar-refractivity contribution is 5.82. The molecule has 1 saturated heterocycles. The van der Waals surface area contributed by atoms with Crippen molar-refractivity contribution < 1.29 is 24.2 Å². The number of hydrogen-bond donors (Lipinski definition) is 2. The number of rotatable bonds is 6. The van der Waals surface area contributed by atoms with Crippen LogP contribution in [0.25, 0.3) is 0 Å². The minimum atomic E-state index is -0.966. The summed E-state index contributed by atoms with van der Waals surface area (Å²) in [5, 5.41) is 11.8. The van der Waals surface area contributed by atoms with Crippen molar-refractivity contribution in [3.63, 3.8) is 0 Å². The van der Waals surface area contributed by atoms with Crippen molar-refractivity contribution in [1.29, 1.82) is 0 Å². The molecule has 1 fully saturated rings. The molecule has 1 rings (SSSR count). The van der Waals surface area contributed by atoms with Crippen LogP contribution in [-0.2, 0) is 19.1 Å². The van der Waals surface area contributed by atoms with E-state index in [0.717, 1.165) is 0 Å². The lowest BCUT2D eigenvalue weighted by molar-refractivity contribution is -0.153. The predicted molar refractivity (Wildman–Crippen MR) is 63.3 cm³/mol. The molecule has 1 heterocycles. The number of aliphatic carboxylic acids is 1. The number of morpholine rings is 1. The van der Waals surface area contributed by atoms with Gasteiger partial charge in [-0.1, -0.05) is 0 Å². The molecule has 2 N–H and O–H groups in total. The molecule has 0 saturated carbocycles. The van der Waals surface area contributed by atoms with Crippen LogP contribution in [0.4, 0.5) is 0 Å². The van der Waals surface area contributed by atoms with Crippen LogP contribution in [0.15, 0.2) is 0 Å². The van der Waals surface area contributed by atoms with E-state index >= 15 is 0 Å². The second-order valence-electron chi connectivity index (χ2n) is 4.13. The summed E-state index contributed by atoms with van der Waals surface area (Å²) < 4.78 is 9.96. The Morgan fingerprint density at radius 3 is 2.94 bits per heavy atom. The molecule has 104 valence electrons. The van der Waals surface area contributed by atoms with Gasteiger partial charge in [0.1, 0.15) is 6.04 Å². The fraction of sp³-hybridized carbons (Fsp3) is 0.818. The average Bonchev–Trinajstić information content (AvgIpc) is 2.38. The molecule has 2 unspecified atom stereocenters. The monoisotopic (exact) mass is 260 g/mol. The Balaban J connectivity index is 2.54. The minimum Gasteiger partial charge on any atom is -0.480 e. The third-order valence-electron chi connectivity index (χ3n) is 2.94. The van der Waals surface area contributed by atoms with Gasteiger partial charge in [0.05, 0.1) is 25.9 Å². The highest BCUT2D eigenvalue weighted by Gasteiger charge is 2.34. The summed E-state index contributed by atoms with van der Waals surface area (Å²) in [4.78, 5) is 24.6. The van der Waals surface area contributed by atoms with E-state index in [0.29, 0.717) is 26.3 Å². The number of carbonyl (C=O) groups excluding carboxylic acids is 1. The zero-order valence-electron chi connectivity index (χ0n) is 10.7. The Labute approximate surface area is 106 Å². The van der Waals surface area contributed by atoms with Crippen molar-refractivity contribution in [2.75, 3.05) is 40.0 Å². The van der Waals surface area contributed by atoms with Crippen molar-refractivity contribution in [3.05, 3.63) is 0 Å². The number of nitrogens with zero attached hydrogens (tertiary/aromatic N) is 1. The third-order valence-corrected chi connectivity index (χ3v) is 2.94. The quantitative estimate of drug-likeness (QED) is 0.591. The molecule has 0 bridgehead atoms. The summed E-state index contributed by atoms with van der Waals surface area (Å²) in [7, 11) is 1.55. The first-order valence-electron chi connectivity index (χ1n) is 5.91. The summed E-state index contributed by atoms with van der Waals surface area (Å²) in [5.74, 6) is -1.16. The molecule has 0 aromatic heterocycles. The van der Waals surface area contributed by atoms with Gasteiger partial charge in [-0.2, -0.15) is 0 Å². The van der Waals surface area contributed by atoms with Gasteiger partial charge < -0.3 is 19.9 Å². The lowest BCUT2D eigenvalue weighted by Crippen LogP contribution is -2.57. The van der Waals surface area contributed by atoms with E-state index in [1.807, 2.05) is 0 Å². The standard InChI is InChI=1S/C11H20N2O5/c1-8(10(14)12-3-5-17-2)13-4-6-18-7-9(13)11(15)16/h8-9H,3-7H2,1-2H3,(H,12,14)(H,15,16). The number of nitrogens with one attached hydrogen (secondary N) is 1. The van der Waals surface area contributed by atoms with Crippen LogP contribution in [0, 0.1) is 0 Å². The van der Waals surface area contributed by atoms with Crippen LogP contribution < -0.4 is 5.32 Å². The Morgan fingerprint density at radius 1 is 1.61 bits per heavy atom. The summed E-state index contributed by atoms with van der Waals surface area (Å²) >= 11 is 0. The van der Waals surface area contributed by atoms with Gasteiger partial charge >= 0.3 is 5.97 Å². The van der Waals surface area contributed by atoms with Crippen molar-refractivity contribution in [3.8, 4) is 0 Å². The van der Waals surface area contributed by atoms with E-state index < -0.39 is 18.1 Å². The first-order valence-corrected chi connectivity index (χ1v) is 5.91. The van der Waals surface area contributed by atoms with Gasteiger partial charge in [0.25, 0.3) is 0 Å². The average molecular weight is 260 g/mol. The zero-order chi connectivity index (χ0) is 13.5.